The van der Waals surface area contributed by atoms with Crippen LogP contribution in [0.3, 0.4) is 0 Å². The number of allylic oxidation sites excluding steroid dienone is 11. The van der Waals surface area contributed by atoms with Crippen LogP contribution in [0.5, 0.6) is 0 Å². The van der Waals surface area contributed by atoms with Crippen molar-refractivity contribution in [3.8, 4) is 11.1 Å². The fourth-order valence-corrected chi connectivity index (χ4v) is 11.7. The van der Waals surface area contributed by atoms with Crippen LogP contribution in [-0.4, -0.2) is 0 Å². The monoisotopic (exact) mass is 1240 g/mol. The lowest BCUT2D eigenvalue weighted by molar-refractivity contribution is 0.431. The van der Waals surface area contributed by atoms with Crippen molar-refractivity contribution in [2.45, 2.75) is 293 Å². The zero-order chi connectivity index (χ0) is 68.7. The summed E-state index contributed by atoms with van der Waals surface area (Å²) in [4.78, 5) is 0. The molecule has 0 bridgehead atoms. The van der Waals surface area contributed by atoms with Crippen molar-refractivity contribution < 1.29 is 0 Å². The largest absolute Gasteiger partial charge is 0.274 e. The van der Waals surface area contributed by atoms with Crippen LogP contribution in [0.1, 0.15) is 329 Å². The van der Waals surface area contributed by atoms with Crippen molar-refractivity contribution in [2.24, 2.45) is 28.9 Å². The second-order valence-corrected chi connectivity index (χ2v) is 27.9. The molecule has 0 saturated heterocycles. The van der Waals surface area contributed by atoms with E-state index in [4.69, 9.17) is 6.58 Å². The zero-order valence-electron chi connectivity index (χ0n) is 63.2. The van der Waals surface area contributed by atoms with Gasteiger partial charge in [-0.1, -0.05) is 373 Å². The number of hydrazine groups is 1. The van der Waals surface area contributed by atoms with Gasteiger partial charge in [-0.15, -0.1) is 0 Å². The number of hydrogen-bond donors (Lipinski definition) is 2. The minimum atomic E-state index is 0.105. The highest BCUT2D eigenvalue weighted by molar-refractivity contribution is 6.15. The van der Waals surface area contributed by atoms with Crippen LogP contribution in [0.2, 0.25) is 0 Å². The first-order valence-corrected chi connectivity index (χ1v) is 36.5. The quantitative estimate of drug-likeness (QED) is 0.0158. The molecule has 0 aliphatic heterocycles. The highest BCUT2D eigenvalue weighted by Gasteiger charge is 2.26. The number of rotatable bonds is 30. The molecule has 4 N–H and O–H groups in total. The van der Waals surface area contributed by atoms with Gasteiger partial charge in [0.2, 0.25) is 0 Å². The minimum Gasteiger partial charge on any atom is -0.274 e. The maximum Gasteiger partial charge on any atom is -0.00731 e. The number of hydrogen-bond acceptors (Lipinski definition) is 2. The Morgan fingerprint density at radius 2 is 0.956 bits per heavy atom. The summed E-state index contributed by atoms with van der Waals surface area (Å²) in [6, 6.07) is 40.6. The summed E-state index contributed by atoms with van der Waals surface area (Å²) < 4.78 is 0. The van der Waals surface area contributed by atoms with Crippen molar-refractivity contribution in [3.63, 3.8) is 0 Å². The molecular formula is C89H138N2. The SMILES string of the molecule is C=C(/C(=C(/CC)c1c(/C(C)=C/C=C(/c2ccc(-c3ccc(C(C)(C)C)cc3C)c(C)c2)C(C)CC)ccc(/C(C)=C/C=C(\C)C(C)(C)C)c1C(C)CC)c1ccccc1)c1ccccc1.CC.CCCC.CCCCCCCCC(C)CCCCCCCC.NN. The van der Waals surface area contributed by atoms with Crippen molar-refractivity contribution in [3.05, 3.63) is 201 Å². The molecule has 0 fully saturated rings. The molecule has 2 heteroatoms. The zero-order valence-corrected chi connectivity index (χ0v) is 63.2. The Bertz CT molecular complexity index is 2950. The summed E-state index contributed by atoms with van der Waals surface area (Å²) in [5.74, 6) is 9.67. The highest BCUT2D eigenvalue weighted by atomic mass is 15.0. The van der Waals surface area contributed by atoms with E-state index in [9.17, 15) is 0 Å². The maximum absolute atomic E-state index is 4.87. The van der Waals surface area contributed by atoms with Gasteiger partial charge in [0, 0.05) is 0 Å². The normalized spacial score (nSPS) is 13.1. The molecule has 0 saturated carbocycles. The van der Waals surface area contributed by atoms with Gasteiger partial charge in [0.05, 0.1) is 0 Å². The molecule has 0 amide bonds. The van der Waals surface area contributed by atoms with E-state index < -0.39 is 0 Å². The van der Waals surface area contributed by atoms with Crippen LogP contribution in [-0.2, 0) is 5.41 Å². The van der Waals surface area contributed by atoms with Crippen LogP contribution < -0.4 is 11.7 Å². The van der Waals surface area contributed by atoms with E-state index in [0.717, 1.165) is 36.3 Å². The summed E-state index contributed by atoms with van der Waals surface area (Å²) >= 11 is 0. The Morgan fingerprint density at radius 3 is 1.41 bits per heavy atom. The highest BCUT2D eigenvalue weighted by Crippen LogP contribution is 2.46. The van der Waals surface area contributed by atoms with Crippen molar-refractivity contribution >= 4 is 33.4 Å². The van der Waals surface area contributed by atoms with E-state index in [2.05, 4.69) is 291 Å². The molecule has 91 heavy (non-hydrogen) atoms. The molecule has 5 aromatic rings. The van der Waals surface area contributed by atoms with Gasteiger partial charge in [0.15, 0.2) is 0 Å². The topological polar surface area (TPSA) is 52.0 Å². The maximum atomic E-state index is 4.87. The second-order valence-electron chi connectivity index (χ2n) is 27.9. The molecular weight excluding hydrogens is 1100 g/mol. The molecule has 5 aromatic carbocycles. The van der Waals surface area contributed by atoms with Gasteiger partial charge < -0.3 is 0 Å². The van der Waals surface area contributed by atoms with Crippen molar-refractivity contribution in [1.82, 2.24) is 0 Å². The Balaban J connectivity index is 0.00000134. The van der Waals surface area contributed by atoms with Crippen LogP contribution in [0.25, 0.3) is 44.6 Å². The lowest BCUT2D eigenvalue weighted by atomic mass is 9.76. The first-order chi connectivity index (χ1) is 43.4. The Hall–Kier alpha value is -5.54. The van der Waals surface area contributed by atoms with Gasteiger partial charge in [-0.25, -0.2) is 0 Å². The van der Waals surface area contributed by atoms with Crippen LogP contribution in [0, 0.1) is 31.1 Å². The van der Waals surface area contributed by atoms with Crippen molar-refractivity contribution in [1.29, 1.82) is 0 Å². The van der Waals surface area contributed by atoms with Crippen molar-refractivity contribution in [2.75, 3.05) is 0 Å². The molecule has 0 aliphatic rings. The van der Waals surface area contributed by atoms with Gasteiger partial charge in [-0.2, -0.15) is 0 Å². The fourth-order valence-electron chi connectivity index (χ4n) is 11.7. The summed E-state index contributed by atoms with van der Waals surface area (Å²) in [7, 11) is 0. The third-order valence-corrected chi connectivity index (χ3v) is 18.6. The van der Waals surface area contributed by atoms with E-state index >= 15 is 0 Å². The summed E-state index contributed by atoms with van der Waals surface area (Å²) in [5.41, 5.74) is 24.8. The van der Waals surface area contributed by atoms with E-state index in [0.29, 0.717) is 11.8 Å². The standard InChI is InChI=1S/C65H80.C18H38.C4H10.C2H6.H4N2/c1-18-43(4)56(53-34-37-57(47(8)41-53)58-38-35-54(42-48(58)9)65(15,16)17)36-32-46(7)60-40-39-59(45(6)31-33-49(10)64(12,13)14)61(44(5)19-2)63(60)55(20-3)62(52-29-25-22-26-30-52)50(11)51-27-23-21-24-28-51;1-4-6-8-10-12-14-16-18(3)17-15-13-11-9-7-5-2;1-3-4-2;2*1-2/h21-44H,11,18-20H2,1-10,12-17H3;18H,4-17H2,1-3H3;3-4H2,1-2H3;1-2H3;1-2H2/b45-31+,46-32+,49-33+,56-36+,62-55+;;;;. The van der Waals surface area contributed by atoms with Gasteiger partial charge >= 0.3 is 0 Å². The average Bonchev–Trinajstić information content (AvgIpc) is 0.777. The molecule has 0 spiro atoms. The third kappa shape index (κ3) is 28.3. The third-order valence-electron chi connectivity index (χ3n) is 18.6. The van der Waals surface area contributed by atoms with E-state index in [1.165, 1.54) is 197 Å². The van der Waals surface area contributed by atoms with Crippen LogP contribution in [0.4, 0.5) is 0 Å². The first kappa shape index (κ1) is 83.5. The summed E-state index contributed by atoms with van der Waals surface area (Å²) in [5, 5.41) is 0. The predicted octanol–water partition coefficient (Wildman–Crippen LogP) is 28.5. The van der Waals surface area contributed by atoms with Gasteiger partial charge in [-0.05, 0) is 183 Å². The van der Waals surface area contributed by atoms with E-state index in [1.807, 2.05) is 13.8 Å². The molecule has 2 atom stereocenters. The average molecular weight is 1240 g/mol. The van der Waals surface area contributed by atoms with E-state index in [-0.39, 0.29) is 10.8 Å². The molecule has 504 valence electrons. The van der Waals surface area contributed by atoms with E-state index in [1.54, 1.807) is 0 Å². The molecule has 0 radical (unpaired) electrons. The minimum absolute atomic E-state index is 0.105. The lowest BCUT2D eigenvalue weighted by Gasteiger charge is -2.28. The number of benzene rings is 5. The predicted molar refractivity (Wildman–Crippen MR) is 418 cm³/mol. The Morgan fingerprint density at radius 1 is 0.495 bits per heavy atom. The molecule has 2 nitrogen and oxygen atoms in total. The number of unbranched alkanes of at least 4 members (excludes halogenated alkanes) is 11. The molecule has 0 aliphatic carbocycles. The van der Waals surface area contributed by atoms with Crippen LogP contribution in [0.15, 0.2) is 146 Å². The summed E-state index contributed by atoms with van der Waals surface area (Å²) in [6.07, 6.45) is 35.4. The smallest absolute Gasteiger partial charge is 0.00731 e. The van der Waals surface area contributed by atoms with Gasteiger partial charge in [0.1, 0.15) is 0 Å². The molecule has 2 unspecified atom stereocenters. The second kappa shape index (κ2) is 45.7. The van der Waals surface area contributed by atoms with Gasteiger partial charge in [-0.3, -0.25) is 11.7 Å². The summed E-state index contributed by atoms with van der Waals surface area (Å²) in [6.45, 7) is 57.2. The molecule has 0 heterocycles. The Kier molecular flexibility index (Phi) is 41.9. The Labute approximate surface area is 564 Å². The number of nitrogens with two attached hydrogens (primary N) is 2. The lowest BCUT2D eigenvalue weighted by Crippen LogP contribution is -2.11. The number of aryl methyl sites for hydroxylation is 2. The van der Waals surface area contributed by atoms with Gasteiger partial charge in [0.25, 0.3) is 0 Å². The molecule has 5 rings (SSSR count). The first-order valence-electron chi connectivity index (χ1n) is 36.5. The van der Waals surface area contributed by atoms with Crippen LogP contribution >= 0.6 is 0 Å². The fraction of sp³-hybridized carbons (Fsp3) is 0.528. The molecule has 0 aromatic heterocycles.